The highest BCUT2D eigenvalue weighted by atomic mass is 35.5. The van der Waals surface area contributed by atoms with E-state index in [1.165, 1.54) is 19.2 Å². The average molecular weight is 305 g/mol. The van der Waals surface area contributed by atoms with Gasteiger partial charge in [-0.1, -0.05) is 0 Å². The molecule has 0 bridgehead atoms. The molecule has 1 aromatic rings. The molecule has 114 valence electrons. The van der Waals surface area contributed by atoms with Crippen LogP contribution in [0.3, 0.4) is 0 Å². The number of hydrogen-bond acceptors (Lipinski definition) is 3. The van der Waals surface area contributed by atoms with Crippen molar-refractivity contribution < 1.29 is 13.9 Å². The first-order chi connectivity index (χ1) is 9.08. The Balaban J connectivity index is 0.00000361. The highest BCUT2D eigenvalue weighted by Gasteiger charge is 2.14. The van der Waals surface area contributed by atoms with Gasteiger partial charge in [0.15, 0.2) is 0 Å². The summed E-state index contributed by atoms with van der Waals surface area (Å²) in [5.41, 5.74) is 0.643. The summed E-state index contributed by atoms with van der Waals surface area (Å²) in [6, 6.07) is 4.00. The first kappa shape index (κ1) is 18.7. The summed E-state index contributed by atoms with van der Waals surface area (Å²) in [5.74, 6) is 0.186. The number of amides is 1. The summed E-state index contributed by atoms with van der Waals surface area (Å²) in [7, 11) is 3.37. The predicted molar refractivity (Wildman–Crippen MR) is 79.9 cm³/mol. The second-order valence-electron chi connectivity index (χ2n) is 4.38. The standard InChI is InChI=1S/C14H21FN2O2.ClH/c1-10(17-14(18)5-4-8-16-2)12-9-11(15)6-7-13(12)19-3;/h6-7,9-10,16H,4-5,8H2,1-3H3,(H,17,18);1H. The Bertz CT molecular complexity index is 430. The van der Waals surface area contributed by atoms with Gasteiger partial charge in [0.05, 0.1) is 13.2 Å². The molecular formula is C14H22ClFN2O2. The van der Waals surface area contributed by atoms with Crippen LogP contribution in [-0.2, 0) is 4.79 Å². The molecule has 1 aromatic carbocycles. The minimum Gasteiger partial charge on any atom is -0.496 e. The Morgan fingerprint density at radius 2 is 2.15 bits per heavy atom. The second-order valence-corrected chi connectivity index (χ2v) is 4.38. The number of rotatable bonds is 7. The maximum atomic E-state index is 13.3. The van der Waals surface area contributed by atoms with Crippen LogP contribution in [-0.4, -0.2) is 26.6 Å². The number of hydrogen-bond donors (Lipinski definition) is 2. The fraction of sp³-hybridized carbons (Fsp3) is 0.500. The molecule has 1 amide bonds. The van der Waals surface area contributed by atoms with Crippen molar-refractivity contribution in [2.75, 3.05) is 20.7 Å². The van der Waals surface area contributed by atoms with Crippen LogP contribution in [0.1, 0.15) is 31.4 Å². The summed E-state index contributed by atoms with van der Waals surface area (Å²) >= 11 is 0. The topological polar surface area (TPSA) is 50.4 Å². The van der Waals surface area contributed by atoms with E-state index in [0.717, 1.165) is 13.0 Å². The van der Waals surface area contributed by atoms with Gasteiger partial charge in [-0.2, -0.15) is 0 Å². The summed E-state index contributed by atoms with van der Waals surface area (Å²) in [6.45, 7) is 2.61. The number of carbonyl (C=O) groups is 1. The predicted octanol–water partition coefficient (Wildman–Crippen LogP) is 2.43. The van der Waals surface area contributed by atoms with Crippen molar-refractivity contribution >= 4 is 18.3 Å². The highest BCUT2D eigenvalue weighted by Crippen LogP contribution is 2.25. The Labute approximate surface area is 125 Å². The zero-order chi connectivity index (χ0) is 14.3. The van der Waals surface area contributed by atoms with Crippen LogP contribution in [0, 0.1) is 5.82 Å². The fourth-order valence-electron chi connectivity index (χ4n) is 1.86. The van der Waals surface area contributed by atoms with E-state index in [-0.39, 0.29) is 30.2 Å². The molecule has 6 heteroatoms. The van der Waals surface area contributed by atoms with Crippen molar-refractivity contribution in [1.82, 2.24) is 10.6 Å². The molecule has 1 unspecified atom stereocenters. The van der Waals surface area contributed by atoms with Crippen molar-refractivity contribution in [2.24, 2.45) is 0 Å². The van der Waals surface area contributed by atoms with Gasteiger partial charge >= 0.3 is 0 Å². The number of carbonyl (C=O) groups excluding carboxylic acids is 1. The van der Waals surface area contributed by atoms with E-state index < -0.39 is 0 Å². The Hall–Kier alpha value is -1.33. The zero-order valence-corrected chi connectivity index (χ0v) is 12.8. The van der Waals surface area contributed by atoms with Gasteiger partial charge in [-0.05, 0) is 45.1 Å². The van der Waals surface area contributed by atoms with Crippen molar-refractivity contribution in [3.8, 4) is 5.75 Å². The third-order valence-corrected chi connectivity index (χ3v) is 2.87. The number of methoxy groups -OCH3 is 1. The Kier molecular flexibility index (Phi) is 8.92. The van der Waals surface area contributed by atoms with Gasteiger partial charge < -0.3 is 15.4 Å². The maximum absolute atomic E-state index is 13.3. The van der Waals surface area contributed by atoms with Gasteiger partial charge in [-0.3, -0.25) is 4.79 Å². The van der Waals surface area contributed by atoms with Gasteiger partial charge in [-0.25, -0.2) is 4.39 Å². The monoisotopic (exact) mass is 304 g/mol. The van der Waals surface area contributed by atoms with Crippen LogP contribution in [0.15, 0.2) is 18.2 Å². The molecule has 20 heavy (non-hydrogen) atoms. The molecule has 0 saturated heterocycles. The first-order valence-electron chi connectivity index (χ1n) is 6.36. The lowest BCUT2D eigenvalue weighted by Gasteiger charge is -2.17. The lowest BCUT2D eigenvalue weighted by atomic mass is 10.1. The van der Waals surface area contributed by atoms with Gasteiger partial charge in [0.25, 0.3) is 0 Å². The second kappa shape index (κ2) is 9.55. The third-order valence-electron chi connectivity index (χ3n) is 2.87. The molecule has 0 saturated carbocycles. The van der Waals surface area contributed by atoms with Crippen LogP contribution in [0.5, 0.6) is 5.75 Å². The van der Waals surface area contributed by atoms with Crippen LogP contribution in [0.25, 0.3) is 0 Å². The summed E-state index contributed by atoms with van der Waals surface area (Å²) < 4.78 is 18.4. The minimum absolute atomic E-state index is 0. The molecule has 0 heterocycles. The molecular weight excluding hydrogens is 283 g/mol. The van der Waals surface area contributed by atoms with Crippen LogP contribution in [0.2, 0.25) is 0 Å². The number of benzene rings is 1. The van der Waals surface area contributed by atoms with E-state index in [0.29, 0.717) is 17.7 Å². The summed E-state index contributed by atoms with van der Waals surface area (Å²) in [6.07, 6.45) is 1.22. The lowest BCUT2D eigenvalue weighted by molar-refractivity contribution is -0.121. The van der Waals surface area contributed by atoms with Gasteiger partial charge in [-0.15, -0.1) is 12.4 Å². The summed E-state index contributed by atoms with van der Waals surface area (Å²) in [4.78, 5) is 11.7. The van der Waals surface area contributed by atoms with Crippen molar-refractivity contribution in [3.63, 3.8) is 0 Å². The van der Waals surface area contributed by atoms with Crippen LogP contribution < -0.4 is 15.4 Å². The molecule has 0 radical (unpaired) electrons. The summed E-state index contributed by atoms with van der Waals surface area (Å²) in [5, 5.41) is 5.83. The van der Waals surface area contributed by atoms with Crippen LogP contribution in [0.4, 0.5) is 4.39 Å². The van der Waals surface area contributed by atoms with Gasteiger partial charge in [0, 0.05) is 12.0 Å². The van der Waals surface area contributed by atoms with E-state index in [1.807, 2.05) is 14.0 Å². The molecule has 0 aliphatic heterocycles. The smallest absolute Gasteiger partial charge is 0.220 e. The van der Waals surface area contributed by atoms with Crippen molar-refractivity contribution in [1.29, 1.82) is 0 Å². The zero-order valence-electron chi connectivity index (χ0n) is 12.0. The molecule has 0 fully saturated rings. The molecule has 1 atom stereocenters. The van der Waals surface area contributed by atoms with E-state index >= 15 is 0 Å². The number of nitrogens with one attached hydrogen (secondary N) is 2. The van der Waals surface area contributed by atoms with Crippen molar-refractivity contribution in [3.05, 3.63) is 29.6 Å². The Morgan fingerprint density at radius 3 is 2.75 bits per heavy atom. The molecule has 1 rings (SSSR count). The molecule has 0 spiro atoms. The third kappa shape index (κ3) is 5.75. The average Bonchev–Trinajstić information content (AvgIpc) is 2.39. The normalized spacial score (nSPS) is 11.4. The first-order valence-corrected chi connectivity index (χ1v) is 6.36. The Morgan fingerprint density at radius 1 is 1.45 bits per heavy atom. The van der Waals surface area contributed by atoms with Crippen molar-refractivity contribution in [2.45, 2.75) is 25.8 Å². The largest absolute Gasteiger partial charge is 0.496 e. The van der Waals surface area contributed by atoms with E-state index in [2.05, 4.69) is 10.6 Å². The molecule has 0 aliphatic carbocycles. The van der Waals surface area contributed by atoms with E-state index in [9.17, 15) is 9.18 Å². The van der Waals surface area contributed by atoms with E-state index in [1.54, 1.807) is 6.07 Å². The maximum Gasteiger partial charge on any atom is 0.220 e. The molecule has 2 N–H and O–H groups in total. The molecule has 4 nitrogen and oxygen atoms in total. The SMILES string of the molecule is CNCCCC(=O)NC(C)c1cc(F)ccc1OC.Cl. The molecule has 0 aromatic heterocycles. The molecule has 0 aliphatic rings. The lowest BCUT2D eigenvalue weighted by Crippen LogP contribution is -2.27. The number of halogens is 2. The van der Waals surface area contributed by atoms with Crippen LogP contribution >= 0.6 is 12.4 Å². The number of ether oxygens (including phenoxy) is 1. The van der Waals surface area contributed by atoms with Gasteiger partial charge in [0.1, 0.15) is 11.6 Å². The minimum atomic E-state index is -0.341. The highest BCUT2D eigenvalue weighted by molar-refractivity contribution is 5.85. The van der Waals surface area contributed by atoms with E-state index in [4.69, 9.17) is 4.74 Å². The fourth-order valence-corrected chi connectivity index (χ4v) is 1.86. The quantitative estimate of drug-likeness (QED) is 0.761. The van der Waals surface area contributed by atoms with Gasteiger partial charge in [0.2, 0.25) is 5.91 Å².